The van der Waals surface area contributed by atoms with E-state index in [2.05, 4.69) is 15.3 Å². The third-order valence-corrected chi connectivity index (χ3v) is 4.52. The molecule has 3 rings (SSSR count). The summed E-state index contributed by atoms with van der Waals surface area (Å²) in [5.41, 5.74) is 0.519. The first-order chi connectivity index (χ1) is 13.1. The van der Waals surface area contributed by atoms with Gasteiger partial charge in [0.15, 0.2) is 17.3 Å². The van der Waals surface area contributed by atoms with Gasteiger partial charge in [-0.15, -0.1) is 0 Å². The molecule has 1 saturated carbocycles. The van der Waals surface area contributed by atoms with E-state index in [4.69, 9.17) is 14.2 Å². The summed E-state index contributed by atoms with van der Waals surface area (Å²) in [6.45, 7) is 0. The number of rotatable bonds is 6. The summed E-state index contributed by atoms with van der Waals surface area (Å²) in [6, 6.07) is 5.32. The number of carbonyl (C=O) groups excluding carboxylic acids is 1. The van der Waals surface area contributed by atoms with Crippen LogP contribution >= 0.6 is 0 Å². The molecule has 2 aromatic rings. The average Bonchev–Trinajstić information content (AvgIpc) is 2.70. The molecule has 1 aromatic carbocycles. The van der Waals surface area contributed by atoms with Gasteiger partial charge in [0, 0.05) is 11.6 Å². The minimum atomic E-state index is -0.496. The number of hydrogen-bond acceptors (Lipinski definition) is 6. The highest BCUT2D eigenvalue weighted by Gasteiger charge is 2.25. The van der Waals surface area contributed by atoms with Crippen molar-refractivity contribution in [2.24, 2.45) is 0 Å². The van der Waals surface area contributed by atoms with Gasteiger partial charge in [0.1, 0.15) is 6.10 Å². The lowest BCUT2D eigenvalue weighted by atomic mass is 9.92. The molecule has 0 atom stereocenters. The Kier molecular flexibility index (Phi) is 6.05. The van der Waals surface area contributed by atoms with Crippen molar-refractivity contribution in [2.75, 3.05) is 14.2 Å². The summed E-state index contributed by atoms with van der Waals surface area (Å²) in [5, 5.41) is 3.04. The maximum Gasteiger partial charge on any atom is 0.316 e. The van der Waals surface area contributed by atoms with Crippen molar-refractivity contribution in [2.45, 2.75) is 37.8 Å². The topological polar surface area (TPSA) is 82.6 Å². The Morgan fingerprint density at radius 2 is 1.74 bits per heavy atom. The van der Waals surface area contributed by atoms with E-state index in [1.54, 1.807) is 25.3 Å². The number of ether oxygens (including phenoxy) is 3. The van der Waals surface area contributed by atoms with Crippen molar-refractivity contribution in [1.29, 1.82) is 0 Å². The molecule has 1 aromatic heterocycles. The Labute approximate surface area is 156 Å². The summed E-state index contributed by atoms with van der Waals surface area (Å²) in [6.07, 6.45) is 5.21. The standard InChI is InChI=1S/C19H22FN3O4/c1-25-16-8-3-12(9-17(16)26-2)18(24)23-14-4-6-15(7-5-14)27-19-21-10-13(20)11-22-19/h3,8-11,14-15H,4-7H2,1-2H3,(H,23,24). The molecule has 1 aliphatic carbocycles. The number of nitrogens with zero attached hydrogens (tertiary/aromatic N) is 2. The molecule has 0 spiro atoms. The molecule has 1 N–H and O–H groups in total. The molecular formula is C19H22FN3O4. The molecule has 1 amide bonds. The van der Waals surface area contributed by atoms with Crippen LogP contribution in [0.2, 0.25) is 0 Å². The third kappa shape index (κ3) is 4.84. The molecule has 1 aliphatic rings. The fraction of sp³-hybridized carbons (Fsp3) is 0.421. The number of carbonyl (C=O) groups is 1. The number of benzene rings is 1. The van der Waals surface area contributed by atoms with E-state index >= 15 is 0 Å². The second-order valence-electron chi connectivity index (χ2n) is 6.32. The van der Waals surface area contributed by atoms with Gasteiger partial charge in [0.2, 0.25) is 0 Å². The van der Waals surface area contributed by atoms with Gasteiger partial charge in [-0.2, -0.15) is 0 Å². The Morgan fingerprint density at radius 3 is 2.37 bits per heavy atom. The highest BCUT2D eigenvalue weighted by molar-refractivity contribution is 5.95. The van der Waals surface area contributed by atoms with Gasteiger partial charge in [0.05, 0.1) is 26.6 Å². The van der Waals surface area contributed by atoms with Crippen LogP contribution < -0.4 is 19.5 Å². The molecule has 0 aliphatic heterocycles. The number of hydrogen-bond donors (Lipinski definition) is 1. The number of aromatic nitrogens is 2. The van der Waals surface area contributed by atoms with Crippen LogP contribution in [0.4, 0.5) is 4.39 Å². The molecule has 0 bridgehead atoms. The molecule has 7 nitrogen and oxygen atoms in total. The molecule has 8 heteroatoms. The number of nitrogens with one attached hydrogen (secondary N) is 1. The van der Waals surface area contributed by atoms with Gasteiger partial charge in [-0.1, -0.05) is 0 Å². The van der Waals surface area contributed by atoms with Crippen molar-refractivity contribution in [1.82, 2.24) is 15.3 Å². The van der Waals surface area contributed by atoms with Gasteiger partial charge in [-0.25, -0.2) is 14.4 Å². The highest BCUT2D eigenvalue weighted by atomic mass is 19.1. The van der Waals surface area contributed by atoms with Gasteiger partial charge in [-0.3, -0.25) is 4.79 Å². The maximum absolute atomic E-state index is 12.8. The smallest absolute Gasteiger partial charge is 0.316 e. The number of halogens is 1. The predicted octanol–water partition coefficient (Wildman–Crippen LogP) is 2.75. The van der Waals surface area contributed by atoms with E-state index in [-0.39, 0.29) is 24.1 Å². The van der Waals surface area contributed by atoms with E-state index in [0.29, 0.717) is 17.1 Å². The van der Waals surface area contributed by atoms with Gasteiger partial charge < -0.3 is 19.5 Å². The van der Waals surface area contributed by atoms with Crippen LogP contribution in [0, 0.1) is 5.82 Å². The monoisotopic (exact) mass is 375 g/mol. The van der Waals surface area contributed by atoms with E-state index < -0.39 is 5.82 Å². The van der Waals surface area contributed by atoms with Crippen LogP contribution in [0.1, 0.15) is 36.0 Å². The summed E-state index contributed by atoms with van der Waals surface area (Å²) >= 11 is 0. The Morgan fingerprint density at radius 1 is 1.07 bits per heavy atom. The zero-order chi connectivity index (χ0) is 19.2. The lowest BCUT2D eigenvalue weighted by molar-refractivity contribution is 0.0884. The largest absolute Gasteiger partial charge is 0.493 e. The molecule has 144 valence electrons. The van der Waals surface area contributed by atoms with Gasteiger partial charge >= 0.3 is 6.01 Å². The van der Waals surface area contributed by atoms with Crippen LogP contribution in [-0.2, 0) is 0 Å². The summed E-state index contributed by atoms with van der Waals surface area (Å²) in [4.78, 5) is 20.1. The Balaban J connectivity index is 1.51. The highest BCUT2D eigenvalue weighted by Crippen LogP contribution is 2.28. The molecular weight excluding hydrogens is 353 g/mol. The van der Waals surface area contributed by atoms with Gasteiger partial charge in [-0.05, 0) is 43.9 Å². The van der Waals surface area contributed by atoms with Crippen molar-refractivity contribution in [3.05, 3.63) is 42.0 Å². The molecule has 0 saturated heterocycles. The SMILES string of the molecule is COc1ccc(C(=O)NC2CCC(Oc3ncc(F)cn3)CC2)cc1OC. The first-order valence-corrected chi connectivity index (χ1v) is 8.76. The minimum Gasteiger partial charge on any atom is -0.493 e. The zero-order valence-electron chi connectivity index (χ0n) is 15.3. The van der Waals surface area contributed by atoms with Crippen LogP contribution in [0.25, 0.3) is 0 Å². The Bertz CT molecular complexity index is 777. The second-order valence-corrected chi connectivity index (χ2v) is 6.32. The fourth-order valence-electron chi connectivity index (χ4n) is 3.08. The maximum atomic E-state index is 12.8. The molecule has 0 radical (unpaired) electrons. The number of amides is 1. The van der Waals surface area contributed by atoms with Crippen LogP contribution in [-0.4, -0.2) is 42.2 Å². The molecule has 27 heavy (non-hydrogen) atoms. The van der Waals surface area contributed by atoms with Crippen LogP contribution in [0.15, 0.2) is 30.6 Å². The molecule has 0 unspecified atom stereocenters. The van der Waals surface area contributed by atoms with Crippen molar-refractivity contribution >= 4 is 5.91 Å². The van der Waals surface area contributed by atoms with E-state index in [9.17, 15) is 9.18 Å². The van der Waals surface area contributed by atoms with Crippen molar-refractivity contribution < 1.29 is 23.4 Å². The van der Waals surface area contributed by atoms with Crippen LogP contribution in [0.3, 0.4) is 0 Å². The normalized spacial score (nSPS) is 19.2. The predicted molar refractivity (Wildman–Crippen MR) is 95.7 cm³/mol. The van der Waals surface area contributed by atoms with Crippen LogP contribution in [0.5, 0.6) is 17.5 Å². The number of methoxy groups -OCH3 is 2. The molecule has 1 heterocycles. The first kappa shape index (κ1) is 18.9. The minimum absolute atomic E-state index is 0.0373. The Hall–Kier alpha value is -2.90. The first-order valence-electron chi connectivity index (χ1n) is 8.76. The quantitative estimate of drug-likeness (QED) is 0.836. The third-order valence-electron chi connectivity index (χ3n) is 4.52. The lowest BCUT2D eigenvalue weighted by Crippen LogP contribution is -2.39. The fourth-order valence-corrected chi connectivity index (χ4v) is 3.08. The lowest BCUT2D eigenvalue weighted by Gasteiger charge is -2.28. The van der Waals surface area contributed by atoms with Gasteiger partial charge in [0.25, 0.3) is 5.91 Å². The van der Waals surface area contributed by atoms with E-state index in [0.717, 1.165) is 38.1 Å². The molecule has 1 fully saturated rings. The average molecular weight is 375 g/mol. The zero-order valence-corrected chi connectivity index (χ0v) is 15.3. The summed E-state index contributed by atoms with van der Waals surface area (Å²) in [7, 11) is 3.08. The summed E-state index contributed by atoms with van der Waals surface area (Å²) < 4.78 is 28.9. The van der Waals surface area contributed by atoms with E-state index in [1.807, 2.05) is 0 Å². The van der Waals surface area contributed by atoms with E-state index in [1.165, 1.54) is 7.11 Å². The summed E-state index contributed by atoms with van der Waals surface area (Å²) in [5.74, 6) is 0.447. The van der Waals surface area contributed by atoms with Crippen molar-refractivity contribution in [3.8, 4) is 17.5 Å². The second kappa shape index (κ2) is 8.66. The van der Waals surface area contributed by atoms with Crippen molar-refractivity contribution in [3.63, 3.8) is 0 Å².